The predicted molar refractivity (Wildman–Crippen MR) is 105 cm³/mol. The molecule has 24 heavy (non-hydrogen) atoms. The molecule has 0 amide bonds. The predicted octanol–water partition coefficient (Wildman–Crippen LogP) is 6.26. The molecular weight excluding hydrogens is 316 g/mol. The summed E-state index contributed by atoms with van der Waals surface area (Å²) in [7, 11) is -2.69. The van der Waals surface area contributed by atoms with E-state index in [1.165, 1.54) is 70.6 Å². The Bertz CT molecular complexity index is 321. The van der Waals surface area contributed by atoms with E-state index in [9.17, 15) is 9.59 Å². The van der Waals surface area contributed by atoms with E-state index in [1.807, 2.05) is 0 Å². The van der Waals surface area contributed by atoms with Gasteiger partial charge in [0.15, 0.2) is 0 Å². The van der Waals surface area contributed by atoms with Crippen LogP contribution in [0.2, 0.25) is 13.1 Å². The van der Waals surface area contributed by atoms with Crippen LogP contribution in [0, 0.1) is 0 Å². The quantitative estimate of drug-likeness (QED) is 0.202. The fraction of sp³-hybridized carbons (Fsp3) is 0.850. The molecule has 0 aliphatic carbocycles. The number of carbonyl (C=O) groups excluding carboxylic acids is 1. The molecule has 3 nitrogen and oxygen atoms in total. The summed E-state index contributed by atoms with van der Waals surface area (Å²) in [4.78, 5) is 20.9. The van der Waals surface area contributed by atoms with E-state index in [1.54, 1.807) is 13.1 Å². The molecule has 0 heterocycles. The van der Waals surface area contributed by atoms with Crippen molar-refractivity contribution in [3.63, 3.8) is 0 Å². The Morgan fingerprint density at radius 3 is 1.79 bits per heavy atom. The molecule has 0 aromatic carbocycles. The molecule has 0 bridgehead atoms. The smallest absolute Gasteiger partial charge is 0.392 e. The molecule has 0 saturated carbocycles. The van der Waals surface area contributed by atoms with Crippen LogP contribution in [0.1, 0.15) is 96.8 Å². The maximum Gasteiger partial charge on any atom is 0.392 e. The van der Waals surface area contributed by atoms with E-state index in [0.717, 1.165) is 12.8 Å². The lowest BCUT2D eigenvalue weighted by Crippen LogP contribution is -2.33. The van der Waals surface area contributed by atoms with Crippen molar-refractivity contribution >= 4 is 14.5 Å². The summed E-state index contributed by atoms with van der Waals surface area (Å²) in [6.45, 7) is 5.49. The molecule has 0 spiro atoms. The van der Waals surface area contributed by atoms with Crippen LogP contribution >= 0.6 is 0 Å². The van der Waals surface area contributed by atoms with Crippen molar-refractivity contribution < 1.29 is 14.0 Å². The molecule has 1 N–H and O–H groups in total. The normalized spacial score (nSPS) is 12.0. The SMILES string of the molecule is CCCCCCCC/C=C\CCCCCCCC(=O)O[Si](C)(C)O. The van der Waals surface area contributed by atoms with Gasteiger partial charge in [0.1, 0.15) is 0 Å². The summed E-state index contributed by atoms with van der Waals surface area (Å²) in [6, 6.07) is 0. The molecule has 142 valence electrons. The zero-order valence-electron chi connectivity index (χ0n) is 16.3. The Labute approximate surface area is 151 Å². The third kappa shape index (κ3) is 19.4. The Balaban J connectivity index is 3.25. The maximum absolute atomic E-state index is 11.4. The lowest BCUT2D eigenvalue weighted by molar-refractivity contribution is -0.136. The highest BCUT2D eigenvalue weighted by atomic mass is 28.4. The maximum atomic E-state index is 11.4. The molecule has 0 aromatic rings. The first kappa shape index (κ1) is 23.4. The van der Waals surface area contributed by atoms with Gasteiger partial charge in [-0.15, -0.1) is 0 Å². The van der Waals surface area contributed by atoms with Gasteiger partial charge in [-0.25, -0.2) is 0 Å². The van der Waals surface area contributed by atoms with Gasteiger partial charge in [-0.05, 0) is 45.2 Å². The van der Waals surface area contributed by atoms with E-state index < -0.39 is 8.56 Å². The van der Waals surface area contributed by atoms with Crippen molar-refractivity contribution in [1.29, 1.82) is 0 Å². The molecule has 0 fully saturated rings. The fourth-order valence-corrected chi connectivity index (χ4v) is 3.33. The molecule has 0 unspecified atom stereocenters. The minimum absolute atomic E-state index is 0.244. The van der Waals surface area contributed by atoms with Crippen molar-refractivity contribution in [3.05, 3.63) is 12.2 Å². The van der Waals surface area contributed by atoms with E-state index in [0.29, 0.717) is 6.42 Å². The molecule has 0 rings (SSSR count). The van der Waals surface area contributed by atoms with Crippen LogP contribution in [0.5, 0.6) is 0 Å². The minimum Gasteiger partial charge on any atom is -0.495 e. The topological polar surface area (TPSA) is 46.5 Å². The lowest BCUT2D eigenvalue weighted by Gasteiger charge is -2.14. The van der Waals surface area contributed by atoms with E-state index in [4.69, 9.17) is 4.43 Å². The van der Waals surface area contributed by atoms with Crippen molar-refractivity contribution in [3.8, 4) is 0 Å². The van der Waals surface area contributed by atoms with E-state index in [2.05, 4.69) is 19.1 Å². The molecule has 0 atom stereocenters. The van der Waals surface area contributed by atoms with Crippen molar-refractivity contribution in [2.24, 2.45) is 0 Å². The summed E-state index contributed by atoms with van der Waals surface area (Å²) in [5.74, 6) is -0.244. The van der Waals surface area contributed by atoms with Gasteiger partial charge in [0.05, 0.1) is 0 Å². The standard InChI is InChI=1S/C20H40O3Si/c1-4-5-6-7-8-9-10-11-12-13-14-15-16-17-18-19-20(21)23-24(2,3)22/h11-12,22H,4-10,13-19H2,1-3H3/b12-11-. The highest BCUT2D eigenvalue weighted by molar-refractivity contribution is 6.64. The number of hydrogen-bond donors (Lipinski definition) is 1. The number of rotatable bonds is 16. The molecule has 0 aromatic heterocycles. The Hall–Kier alpha value is -0.613. The second-order valence-corrected chi connectivity index (χ2v) is 10.4. The van der Waals surface area contributed by atoms with Crippen LogP contribution in [-0.2, 0) is 9.22 Å². The zero-order chi connectivity index (χ0) is 18.1. The largest absolute Gasteiger partial charge is 0.495 e. The molecule has 0 aliphatic heterocycles. The summed E-state index contributed by atoms with van der Waals surface area (Å²) in [6.07, 6.45) is 21.4. The van der Waals surface area contributed by atoms with Gasteiger partial charge < -0.3 is 9.22 Å². The lowest BCUT2D eigenvalue weighted by atomic mass is 10.1. The van der Waals surface area contributed by atoms with Gasteiger partial charge in [-0.2, -0.15) is 0 Å². The van der Waals surface area contributed by atoms with Gasteiger partial charge in [-0.1, -0.05) is 70.4 Å². The van der Waals surface area contributed by atoms with Crippen LogP contribution < -0.4 is 0 Å². The second-order valence-electron chi connectivity index (χ2n) is 7.26. The number of hydrogen-bond acceptors (Lipinski definition) is 3. The van der Waals surface area contributed by atoms with Gasteiger partial charge >= 0.3 is 8.56 Å². The summed E-state index contributed by atoms with van der Waals surface area (Å²) in [5.41, 5.74) is 0. The Morgan fingerprint density at radius 2 is 1.29 bits per heavy atom. The number of unbranched alkanes of at least 4 members (excludes halogenated alkanes) is 11. The molecule has 0 saturated heterocycles. The molecule has 0 aliphatic rings. The van der Waals surface area contributed by atoms with Crippen LogP contribution in [0.3, 0.4) is 0 Å². The van der Waals surface area contributed by atoms with Crippen molar-refractivity contribution in [2.75, 3.05) is 0 Å². The molecular formula is C20H40O3Si. The first-order valence-electron chi connectivity index (χ1n) is 10.0. The summed E-state index contributed by atoms with van der Waals surface area (Å²) in [5, 5.41) is 0. The van der Waals surface area contributed by atoms with Gasteiger partial charge in [0.25, 0.3) is 5.97 Å². The van der Waals surface area contributed by atoms with Crippen LogP contribution in [-0.4, -0.2) is 19.3 Å². The van der Waals surface area contributed by atoms with Crippen LogP contribution in [0.15, 0.2) is 12.2 Å². The zero-order valence-corrected chi connectivity index (χ0v) is 17.3. The monoisotopic (exact) mass is 356 g/mol. The number of allylic oxidation sites excluding steroid dienone is 2. The van der Waals surface area contributed by atoms with Gasteiger partial charge in [0, 0.05) is 6.42 Å². The molecule has 0 radical (unpaired) electrons. The van der Waals surface area contributed by atoms with Crippen molar-refractivity contribution in [1.82, 2.24) is 0 Å². The average molecular weight is 357 g/mol. The Kier molecular flexibility index (Phi) is 15.5. The van der Waals surface area contributed by atoms with E-state index in [-0.39, 0.29) is 5.97 Å². The van der Waals surface area contributed by atoms with Gasteiger partial charge in [-0.3, -0.25) is 4.79 Å². The van der Waals surface area contributed by atoms with Crippen molar-refractivity contribution in [2.45, 2.75) is 110 Å². The summed E-state index contributed by atoms with van der Waals surface area (Å²) < 4.78 is 5.00. The Morgan fingerprint density at radius 1 is 0.833 bits per heavy atom. The van der Waals surface area contributed by atoms with Crippen LogP contribution in [0.25, 0.3) is 0 Å². The molecule has 4 heteroatoms. The third-order valence-electron chi connectivity index (χ3n) is 4.01. The average Bonchev–Trinajstić information content (AvgIpc) is 2.49. The third-order valence-corrected chi connectivity index (χ3v) is 4.73. The minimum atomic E-state index is -2.69. The second kappa shape index (κ2) is 15.9. The number of carbonyl (C=O) groups is 1. The van der Waals surface area contributed by atoms with Crippen LogP contribution in [0.4, 0.5) is 0 Å². The summed E-state index contributed by atoms with van der Waals surface area (Å²) >= 11 is 0. The highest BCUT2D eigenvalue weighted by Crippen LogP contribution is 2.11. The van der Waals surface area contributed by atoms with Gasteiger partial charge in [0.2, 0.25) is 0 Å². The first-order chi connectivity index (χ1) is 11.5. The van der Waals surface area contributed by atoms with E-state index >= 15 is 0 Å². The first-order valence-corrected chi connectivity index (χ1v) is 12.9. The fourth-order valence-electron chi connectivity index (χ4n) is 2.67. The highest BCUT2D eigenvalue weighted by Gasteiger charge is 2.23.